The van der Waals surface area contributed by atoms with Crippen LogP contribution in [0.1, 0.15) is 54.9 Å². The second kappa shape index (κ2) is 4.41. The Bertz CT molecular complexity index is 645. The first kappa shape index (κ1) is 13.7. The Hall–Kier alpha value is -1.77. The van der Waals surface area contributed by atoms with E-state index in [2.05, 4.69) is 32.7 Å². The molecule has 1 aromatic heterocycles. The smallest absolute Gasteiger partial charge is 0.335 e. The number of fused-ring (bicyclic) bond motifs is 1. The standard InChI is InChI=1S/C16H21NO2/c1-6-11-9(2)17-14-12(11)7-10(15(18)19)8-13(14)16(3,4)5/h7-8,17H,6H2,1-5H3,(H,18,19). The molecule has 0 saturated carbocycles. The van der Waals surface area contributed by atoms with Gasteiger partial charge in [-0.1, -0.05) is 27.7 Å². The van der Waals surface area contributed by atoms with Gasteiger partial charge in [-0.05, 0) is 42.0 Å². The van der Waals surface area contributed by atoms with Crippen LogP contribution < -0.4 is 0 Å². The molecule has 2 N–H and O–H groups in total. The molecule has 0 amide bonds. The molecule has 0 aliphatic heterocycles. The molecular weight excluding hydrogens is 238 g/mol. The highest BCUT2D eigenvalue weighted by atomic mass is 16.4. The summed E-state index contributed by atoms with van der Waals surface area (Å²) in [4.78, 5) is 14.7. The number of rotatable bonds is 2. The number of nitrogens with one attached hydrogen (secondary N) is 1. The van der Waals surface area contributed by atoms with Gasteiger partial charge in [0.25, 0.3) is 0 Å². The highest BCUT2D eigenvalue weighted by Crippen LogP contribution is 2.34. The lowest BCUT2D eigenvalue weighted by molar-refractivity contribution is 0.0697. The summed E-state index contributed by atoms with van der Waals surface area (Å²) in [6, 6.07) is 3.58. The van der Waals surface area contributed by atoms with Crippen molar-refractivity contribution in [3.63, 3.8) is 0 Å². The molecule has 0 fully saturated rings. The van der Waals surface area contributed by atoms with E-state index in [-0.39, 0.29) is 5.41 Å². The van der Waals surface area contributed by atoms with Gasteiger partial charge in [0.15, 0.2) is 0 Å². The molecule has 1 heterocycles. The monoisotopic (exact) mass is 259 g/mol. The van der Waals surface area contributed by atoms with Crippen molar-refractivity contribution in [1.29, 1.82) is 0 Å². The van der Waals surface area contributed by atoms with Crippen molar-refractivity contribution in [2.75, 3.05) is 0 Å². The zero-order valence-corrected chi connectivity index (χ0v) is 12.2. The zero-order valence-electron chi connectivity index (χ0n) is 12.2. The molecule has 2 aromatic rings. The highest BCUT2D eigenvalue weighted by molar-refractivity contribution is 5.97. The number of aromatic carboxylic acids is 1. The van der Waals surface area contributed by atoms with E-state index < -0.39 is 5.97 Å². The van der Waals surface area contributed by atoms with Crippen LogP contribution in [0.15, 0.2) is 12.1 Å². The summed E-state index contributed by atoms with van der Waals surface area (Å²) >= 11 is 0. The van der Waals surface area contributed by atoms with Crippen LogP contribution in [-0.4, -0.2) is 16.1 Å². The van der Waals surface area contributed by atoms with Gasteiger partial charge >= 0.3 is 5.97 Å². The number of H-pyrrole nitrogens is 1. The molecule has 0 unspecified atom stereocenters. The van der Waals surface area contributed by atoms with E-state index in [1.54, 1.807) is 12.1 Å². The summed E-state index contributed by atoms with van der Waals surface area (Å²) in [5.74, 6) is -0.867. The molecule has 0 aliphatic rings. The van der Waals surface area contributed by atoms with Crippen molar-refractivity contribution < 1.29 is 9.90 Å². The minimum Gasteiger partial charge on any atom is -0.478 e. The molecule has 0 saturated heterocycles. The summed E-state index contributed by atoms with van der Waals surface area (Å²) < 4.78 is 0. The number of aromatic nitrogens is 1. The normalized spacial score (nSPS) is 12.1. The average molecular weight is 259 g/mol. The van der Waals surface area contributed by atoms with Gasteiger partial charge in [-0.2, -0.15) is 0 Å². The van der Waals surface area contributed by atoms with Gasteiger partial charge in [0.2, 0.25) is 0 Å². The number of aryl methyl sites for hydroxylation is 2. The van der Waals surface area contributed by atoms with Crippen molar-refractivity contribution in [2.24, 2.45) is 0 Å². The topological polar surface area (TPSA) is 53.1 Å². The van der Waals surface area contributed by atoms with Gasteiger partial charge in [0, 0.05) is 16.6 Å². The molecule has 3 nitrogen and oxygen atoms in total. The summed E-state index contributed by atoms with van der Waals surface area (Å²) in [5, 5.41) is 10.3. The maximum Gasteiger partial charge on any atom is 0.335 e. The molecular formula is C16H21NO2. The third-order valence-corrected chi connectivity index (χ3v) is 3.64. The van der Waals surface area contributed by atoms with E-state index in [1.165, 1.54) is 5.56 Å². The van der Waals surface area contributed by atoms with Crippen molar-refractivity contribution in [3.05, 3.63) is 34.5 Å². The van der Waals surface area contributed by atoms with Crippen molar-refractivity contribution in [3.8, 4) is 0 Å². The van der Waals surface area contributed by atoms with Gasteiger partial charge in [-0.25, -0.2) is 4.79 Å². The van der Waals surface area contributed by atoms with Crippen molar-refractivity contribution in [1.82, 2.24) is 4.98 Å². The third kappa shape index (κ3) is 2.25. The van der Waals surface area contributed by atoms with E-state index in [4.69, 9.17) is 0 Å². The zero-order chi connectivity index (χ0) is 14.4. The summed E-state index contributed by atoms with van der Waals surface area (Å²) in [7, 11) is 0. The van der Waals surface area contributed by atoms with E-state index in [9.17, 15) is 9.90 Å². The number of carbonyl (C=O) groups is 1. The van der Waals surface area contributed by atoms with E-state index >= 15 is 0 Å². The van der Waals surface area contributed by atoms with E-state index in [1.807, 2.05) is 6.92 Å². The molecule has 0 aliphatic carbocycles. The van der Waals surface area contributed by atoms with Gasteiger partial charge < -0.3 is 10.1 Å². The lowest BCUT2D eigenvalue weighted by Crippen LogP contribution is -2.13. The highest BCUT2D eigenvalue weighted by Gasteiger charge is 2.22. The second-order valence-electron chi connectivity index (χ2n) is 6.08. The van der Waals surface area contributed by atoms with Crippen LogP contribution >= 0.6 is 0 Å². The first-order chi connectivity index (χ1) is 8.75. The molecule has 2 rings (SSSR count). The SMILES string of the molecule is CCc1c(C)[nH]c2c(C(C)(C)C)cc(C(=O)O)cc12. The number of benzene rings is 1. The maximum absolute atomic E-state index is 11.3. The molecule has 19 heavy (non-hydrogen) atoms. The van der Waals surface area contributed by atoms with Gasteiger partial charge in [-0.15, -0.1) is 0 Å². The lowest BCUT2D eigenvalue weighted by Gasteiger charge is -2.20. The Labute approximate surface area is 113 Å². The molecule has 0 radical (unpaired) electrons. The number of aromatic amines is 1. The summed E-state index contributed by atoms with van der Waals surface area (Å²) in [6.45, 7) is 10.5. The van der Waals surface area contributed by atoms with Gasteiger partial charge in [0.1, 0.15) is 0 Å². The van der Waals surface area contributed by atoms with Crippen molar-refractivity contribution >= 4 is 16.9 Å². The molecule has 0 bridgehead atoms. The van der Waals surface area contributed by atoms with Gasteiger partial charge in [0.05, 0.1) is 5.56 Å². The molecule has 0 spiro atoms. The molecule has 102 valence electrons. The number of hydrogen-bond donors (Lipinski definition) is 2. The quantitative estimate of drug-likeness (QED) is 0.855. The third-order valence-electron chi connectivity index (χ3n) is 3.64. The van der Waals surface area contributed by atoms with Crippen LogP contribution in [0.25, 0.3) is 10.9 Å². The average Bonchev–Trinajstić information content (AvgIpc) is 2.61. The summed E-state index contributed by atoms with van der Waals surface area (Å²) in [5.41, 5.74) is 4.75. The first-order valence-electron chi connectivity index (χ1n) is 6.64. The second-order valence-corrected chi connectivity index (χ2v) is 6.08. The van der Waals surface area contributed by atoms with E-state index in [0.717, 1.165) is 28.6 Å². The van der Waals surface area contributed by atoms with Crippen LogP contribution in [-0.2, 0) is 11.8 Å². The van der Waals surface area contributed by atoms with Crippen LogP contribution in [0.4, 0.5) is 0 Å². The minimum absolute atomic E-state index is 0.0913. The van der Waals surface area contributed by atoms with Crippen LogP contribution in [0.2, 0.25) is 0 Å². The van der Waals surface area contributed by atoms with Crippen LogP contribution in [0.5, 0.6) is 0 Å². The Morgan fingerprint density at radius 1 is 1.32 bits per heavy atom. The number of carboxylic acid groups (broad SMARTS) is 1. The van der Waals surface area contributed by atoms with E-state index in [0.29, 0.717) is 5.56 Å². The number of carboxylic acids is 1. The number of hydrogen-bond acceptors (Lipinski definition) is 1. The fraction of sp³-hybridized carbons (Fsp3) is 0.438. The largest absolute Gasteiger partial charge is 0.478 e. The predicted octanol–water partition coefficient (Wildman–Crippen LogP) is 4.03. The Balaban J connectivity index is 2.90. The fourth-order valence-electron chi connectivity index (χ4n) is 2.65. The fourth-order valence-corrected chi connectivity index (χ4v) is 2.65. The lowest BCUT2D eigenvalue weighted by atomic mass is 9.84. The first-order valence-corrected chi connectivity index (χ1v) is 6.64. The Kier molecular flexibility index (Phi) is 3.17. The minimum atomic E-state index is -0.867. The van der Waals surface area contributed by atoms with Crippen molar-refractivity contribution in [2.45, 2.75) is 46.5 Å². The molecule has 3 heteroatoms. The molecule has 0 atom stereocenters. The van der Waals surface area contributed by atoms with Gasteiger partial charge in [-0.3, -0.25) is 0 Å². The Morgan fingerprint density at radius 3 is 2.42 bits per heavy atom. The van der Waals surface area contributed by atoms with Crippen LogP contribution in [0.3, 0.4) is 0 Å². The Morgan fingerprint density at radius 2 is 1.95 bits per heavy atom. The molecule has 1 aromatic carbocycles. The summed E-state index contributed by atoms with van der Waals surface area (Å²) in [6.07, 6.45) is 0.901. The predicted molar refractivity (Wildman–Crippen MR) is 78.1 cm³/mol. The maximum atomic E-state index is 11.3. The van der Waals surface area contributed by atoms with Crippen LogP contribution in [0, 0.1) is 6.92 Å².